The summed E-state index contributed by atoms with van der Waals surface area (Å²) in [7, 11) is 0. The quantitative estimate of drug-likeness (QED) is 0.293. The van der Waals surface area contributed by atoms with Crippen LogP contribution >= 0.6 is 11.6 Å². The topological polar surface area (TPSA) is 54.4 Å². The number of hydrogen-bond acceptors (Lipinski definition) is 3. The zero-order valence-electron chi connectivity index (χ0n) is 6.47. The molecule has 0 aromatic rings. The molecule has 0 spiro atoms. The van der Waals surface area contributed by atoms with E-state index in [-0.39, 0.29) is 28.8 Å². The Kier molecular flexibility index (Phi) is 2.87. The van der Waals surface area contributed by atoms with Crippen LogP contribution in [0.2, 0.25) is 0 Å². The molecule has 0 atom stereocenters. The van der Waals surface area contributed by atoms with E-state index in [1.54, 1.807) is 0 Å². The highest BCUT2D eigenvalue weighted by molar-refractivity contribution is 6.25. The highest BCUT2D eigenvalue weighted by atomic mass is 35.5. The zero-order chi connectivity index (χ0) is 9.14. The van der Waals surface area contributed by atoms with Gasteiger partial charge in [-0.15, -0.1) is 11.6 Å². The van der Waals surface area contributed by atoms with Gasteiger partial charge in [-0.2, -0.15) is 0 Å². The number of allylic oxidation sites excluding steroid dienone is 2. The van der Waals surface area contributed by atoms with Crippen LogP contribution in [0, 0.1) is 0 Å². The standard InChI is InChI=1S/C8H9ClO3/c9-4-7(12)8-5(10)2-1-3-6(8)11/h12H,1-4H2. The number of aliphatic hydroxyl groups is 1. The number of alkyl halides is 1. The lowest BCUT2D eigenvalue weighted by Crippen LogP contribution is -2.21. The molecule has 0 aliphatic heterocycles. The van der Waals surface area contributed by atoms with Gasteiger partial charge in [0.2, 0.25) is 0 Å². The third-order valence-electron chi connectivity index (χ3n) is 1.78. The van der Waals surface area contributed by atoms with Gasteiger partial charge in [-0.05, 0) is 6.42 Å². The molecule has 1 saturated carbocycles. The molecule has 4 heteroatoms. The first-order valence-corrected chi connectivity index (χ1v) is 4.24. The SMILES string of the molecule is O=C1CCCC(=O)C1=C(O)CCl. The van der Waals surface area contributed by atoms with E-state index in [2.05, 4.69) is 0 Å². The Labute approximate surface area is 75.0 Å². The van der Waals surface area contributed by atoms with E-state index in [4.69, 9.17) is 16.7 Å². The molecule has 66 valence electrons. The molecule has 1 aliphatic carbocycles. The van der Waals surface area contributed by atoms with E-state index in [1.165, 1.54) is 0 Å². The third kappa shape index (κ3) is 1.67. The van der Waals surface area contributed by atoms with Crippen molar-refractivity contribution < 1.29 is 14.7 Å². The zero-order valence-corrected chi connectivity index (χ0v) is 7.23. The van der Waals surface area contributed by atoms with Crippen LogP contribution in [0.25, 0.3) is 0 Å². The minimum atomic E-state index is -0.288. The second kappa shape index (κ2) is 3.72. The Morgan fingerprint density at radius 1 is 1.33 bits per heavy atom. The predicted octanol–water partition coefficient (Wildman–Crippen LogP) is 1.36. The average Bonchev–Trinajstić information content (AvgIpc) is 2.03. The van der Waals surface area contributed by atoms with Gasteiger partial charge in [0.05, 0.1) is 11.5 Å². The van der Waals surface area contributed by atoms with Crippen molar-refractivity contribution in [2.24, 2.45) is 0 Å². The number of Topliss-reactive ketones (excluding diaryl/α,β-unsaturated/α-hetero) is 2. The Morgan fingerprint density at radius 2 is 1.83 bits per heavy atom. The number of rotatable bonds is 1. The molecule has 0 aromatic carbocycles. The molecule has 1 N–H and O–H groups in total. The molecule has 0 radical (unpaired) electrons. The smallest absolute Gasteiger partial charge is 0.169 e. The number of aliphatic hydroxyl groups excluding tert-OH is 1. The lowest BCUT2D eigenvalue weighted by atomic mass is 9.91. The summed E-state index contributed by atoms with van der Waals surface area (Å²) < 4.78 is 0. The number of carbonyl (C=O) groups excluding carboxylic acids is 2. The fourth-order valence-electron chi connectivity index (χ4n) is 1.20. The molecule has 0 saturated heterocycles. The fraction of sp³-hybridized carbons (Fsp3) is 0.500. The normalized spacial score (nSPS) is 18.2. The van der Waals surface area contributed by atoms with Crippen LogP contribution in [-0.2, 0) is 9.59 Å². The summed E-state index contributed by atoms with van der Waals surface area (Å²) in [6, 6.07) is 0. The minimum absolute atomic E-state index is 0.0868. The van der Waals surface area contributed by atoms with Gasteiger partial charge in [0, 0.05) is 12.8 Å². The lowest BCUT2D eigenvalue weighted by molar-refractivity contribution is -0.124. The average molecular weight is 189 g/mol. The minimum Gasteiger partial charge on any atom is -0.510 e. The van der Waals surface area contributed by atoms with Crippen LogP contribution in [0.15, 0.2) is 11.3 Å². The molecule has 1 rings (SSSR count). The van der Waals surface area contributed by atoms with Crippen molar-refractivity contribution in [3.63, 3.8) is 0 Å². The van der Waals surface area contributed by atoms with Gasteiger partial charge in [-0.1, -0.05) is 0 Å². The van der Waals surface area contributed by atoms with Gasteiger partial charge in [0.15, 0.2) is 11.6 Å². The first kappa shape index (κ1) is 9.26. The van der Waals surface area contributed by atoms with Crippen molar-refractivity contribution in [2.45, 2.75) is 19.3 Å². The lowest BCUT2D eigenvalue weighted by Gasteiger charge is -2.12. The molecule has 0 aromatic heterocycles. The van der Waals surface area contributed by atoms with Crippen molar-refractivity contribution in [1.82, 2.24) is 0 Å². The first-order valence-electron chi connectivity index (χ1n) is 3.71. The van der Waals surface area contributed by atoms with Crippen LogP contribution in [0.5, 0.6) is 0 Å². The molecule has 0 amide bonds. The van der Waals surface area contributed by atoms with Crippen molar-refractivity contribution >= 4 is 23.2 Å². The van der Waals surface area contributed by atoms with Gasteiger partial charge in [-0.25, -0.2) is 0 Å². The van der Waals surface area contributed by atoms with E-state index >= 15 is 0 Å². The summed E-state index contributed by atoms with van der Waals surface area (Å²) >= 11 is 5.30. The maximum Gasteiger partial charge on any atom is 0.169 e. The second-order valence-electron chi connectivity index (χ2n) is 2.66. The van der Waals surface area contributed by atoms with Crippen LogP contribution in [0.1, 0.15) is 19.3 Å². The van der Waals surface area contributed by atoms with E-state index in [0.29, 0.717) is 19.3 Å². The highest BCUT2D eigenvalue weighted by Gasteiger charge is 2.26. The van der Waals surface area contributed by atoms with Crippen molar-refractivity contribution in [3.8, 4) is 0 Å². The molecule has 1 fully saturated rings. The van der Waals surface area contributed by atoms with Crippen LogP contribution in [0.4, 0.5) is 0 Å². The fourth-order valence-corrected chi connectivity index (χ4v) is 1.34. The maximum absolute atomic E-state index is 11.1. The molecular weight excluding hydrogens is 180 g/mol. The summed E-state index contributed by atoms with van der Waals surface area (Å²) in [6.07, 6.45) is 1.25. The van der Waals surface area contributed by atoms with E-state index < -0.39 is 0 Å². The number of ketones is 2. The first-order chi connectivity index (χ1) is 5.66. The van der Waals surface area contributed by atoms with Crippen molar-refractivity contribution in [1.29, 1.82) is 0 Å². The molecule has 3 nitrogen and oxygen atoms in total. The third-order valence-corrected chi connectivity index (χ3v) is 2.03. The highest BCUT2D eigenvalue weighted by Crippen LogP contribution is 2.19. The monoisotopic (exact) mass is 188 g/mol. The summed E-state index contributed by atoms with van der Waals surface area (Å²) in [4.78, 5) is 22.2. The predicted molar refractivity (Wildman–Crippen MR) is 44.2 cm³/mol. The summed E-state index contributed by atoms with van der Waals surface area (Å²) in [5.41, 5.74) is -0.0868. The van der Waals surface area contributed by atoms with Gasteiger partial charge in [-0.3, -0.25) is 9.59 Å². The van der Waals surface area contributed by atoms with Crippen molar-refractivity contribution in [2.75, 3.05) is 5.88 Å². The van der Waals surface area contributed by atoms with Crippen LogP contribution in [-0.4, -0.2) is 22.6 Å². The molecule has 0 heterocycles. The van der Waals surface area contributed by atoms with Gasteiger partial charge >= 0.3 is 0 Å². The maximum atomic E-state index is 11.1. The van der Waals surface area contributed by atoms with Crippen molar-refractivity contribution in [3.05, 3.63) is 11.3 Å². The molecule has 0 bridgehead atoms. The van der Waals surface area contributed by atoms with E-state index in [1.807, 2.05) is 0 Å². The van der Waals surface area contributed by atoms with Gasteiger partial charge < -0.3 is 5.11 Å². The number of halogens is 1. The summed E-state index contributed by atoms with van der Waals surface area (Å²) in [5, 5.41) is 9.13. The van der Waals surface area contributed by atoms with Crippen LogP contribution in [0.3, 0.4) is 0 Å². The number of hydrogen-bond donors (Lipinski definition) is 1. The van der Waals surface area contributed by atoms with E-state index in [0.717, 1.165) is 0 Å². The summed E-state index contributed by atoms with van der Waals surface area (Å²) in [6.45, 7) is 0. The summed E-state index contributed by atoms with van der Waals surface area (Å²) in [5.74, 6) is -1.03. The van der Waals surface area contributed by atoms with Gasteiger partial charge in [0.25, 0.3) is 0 Å². The van der Waals surface area contributed by atoms with Crippen LogP contribution < -0.4 is 0 Å². The largest absolute Gasteiger partial charge is 0.510 e. The molecule has 0 unspecified atom stereocenters. The Balaban J connectivity index is 2.98. The van der Waals surface area contributed by atoms with E-state index in [9.17, 15) is 9.59 Å². The Hall–Kier alpha value is -0.830. The number of carbonyl (C=O) groups is 2. The Morgan fingerprint density at radius 3 is 2.25 bits per heavy atom. The second-order valence-corrected chi connectivity index (χ2v) is 2.92. The molecular formula is C8H9ClO3. The molecule has 12 heavy (non-hydrogen) atoms. The van der Waals surface area contributed by atoms with Gasteiger partial charge in [0.1, 0.15) is 5.76 Å². The molecule has 1 aliphatic rings. The Bertz CT molecular complexity index is 237.